The Bertz CT molecular complexity index is 699. The number of hydrogen-bond donors (Lipinski definition) is 1. The first-order valence-corrected chi connectivity index (χ1v) is 7.15. The Balaban J connectivity index is 2.74. The molecule has 21 heavy (non-hydrogen) atoms. The molecule has 0 aromatic heterocycles. The molecule has 0 unspecified atom stereocenters. The van der Waals surface area contributed by atoms with Crippen LogP contribution in [-0.4, -0.2) is 7.11 Å². The zero-order chi connectivity index (χ0) is 15.6. The largest absolute Gasteiger partial charge is 0.496 e. The second-order valence-electron chi connectivity index (χ2n) is 4.75. The maximum atomic E-state index is 9.49. The Kier molecular flexibility index (Phi) is 4.35. The molecule has 0 saturated heterocycles. The van der Waals surface area contributed by atoms with Crippen LogP contribution in [0, 0.1) is 22.7 Å². The van der Waals surface area contributed by atoms with Gasteiger partial charge in [0.2, 0.25) is 0 Å². The smallest absolute Gasteiger partial charge is 0.123 e. The van der Waals surface area contributed by atoms with Crippen molar-refractivity contribution in [3.8, 4) is 17.9 Å². The van der Waals surface area contributed by atoms with E-state index in [1.54, 1.807) is 7.11 Å². The highest BCUT2D eigenvalue weighted by atomic mass is 79.9. The van der Waals surface area contributed by atoms with E-state index in [1.807, 2.05) is 32.0 Å². The molecule has 4 nitrogen and oxygen atoms in total. The number of benzene rings is 1. The Labute approximate surface area is 132 Å². The Morgan fingerprint density at radius 2 is 1.71 bits per heavy atom. The molecule has 0 saturated carbocycles. The van der Waals surface area contributed by atoms with Gasteiger partial charge in [-0.05, 0) is 32.0 Å². The number of ether oxygens (including phenoxy) is 1. The van der Waals surface area contributed by atoms with Crippen LogP contribution in [0.3, 0.4) is 0 Å². The summed E-state index contributed by atoms with van der Waals surface area (Å²) in [5, 5.41) is 22.1. The van der Waals surface area contributed by atoms with Crippen LogP contribution in [0.25, 0.3) is 0 Å². The van der Waals surface area contributed by atoms with Gasteiger partial charge in [-0.15, -0.1) is 0 Å². The number of halogens is 1. The zero-order valence-corrected chi connectivity index (χ0v) is 13.6. The van der Waals surface area contributed by atoms with Gasteiger partial charge in [-0.2, -0.15) is 10.5 Å². The predicted molar refractivity (Wildman–Crippen MR) is 83.2 cm³/mol. The molecule has 0 spiro atoms. The third kappa shape index (κ3) is 2.66. The Morgan fingerprint density at radius 1 is 1.14 bits per heavy atom. The van der Waals surface area contributed by atoms with E-state index in [4.69, 9.17) is 4.74 Å². The molecule has 0 aliphatic carbocycles. The SMILES string of the molecule is COc1ccc(Br)cc1C1C(C#N)=C(C)NC(C)=C1C#N. The number of hydrogen-bond acceptors (Lipinski definition) is 4. The van der Waals surface area contributed by atoms with Crippen molar-refractivity contribution in [2.45, 2.75) is 19.8 Å². The maximum Gasteiger partial charge on any atom is 0.123 e. The van der Waals surface area contributed by atoms with Crippen molar-refractivity contribution in [3.05, 3.63) is 50.8 Å². The number of allylic oxidation sites excluding steroid dienone is 4. The minimum atomic E-state index is -0.409. The summed E-state index contributed by atoms with van der Waals surface area (Å²) in [6, 6.07) is 10.0. The van der Waals surface area contributed by atoms with Crippen LogP contribution in [0.1, 0.15) is 25.3 Å². The van der Waals surface area contributed by atoms with Crippen molar-refractivity contribution in [1.29, 1.82) is 10.5 Å². The van der Waals surface area contributed by atoms with Crippen LogP contribution in [0.2, 0.25) is 0 Å². The predicted octanol–water partition coefficient (Wildman–Crippen LogP) is 3.74. The summed E-state index contributed by atoms with van der Waals surface area (Å²) in [6.45, 7) is 3.68. The first-order valence-electron chi connectivity index (χ1n) is 6.35. The second kappa shape index (κ2) is 6.03. The Hall–Kier alpha value is -2.24. The van der Waals surface area contributed by atoms with Gasteiger partial charge >= 0.3 is 0 Å². The third-order valence-corrected chi connectivity index (χ3v) is 4.00. The number of dihydropyridines is 1. The number of nitrogens with one attached hydrogen (secondary N) is 1. The fraction of sp³-hybridized carbons (Fsp3) is 0.250. The number of nitrogens with zero attached hydrogens (tertiary/aromatic N) is 2. The number of methoxy groups -OCH3 is 1. The summed E-state index contributed by atoms with van der Waals surface area (Å²) in [5.41, 5.74) is 3.41. The molecule has 1 N–H and O–H groups in total. The molecular formula is C16H14BrN3O. The lowest BCUT2D eigenvalue weighted by Gasteiger charge is -2.27. The van der Waals surface area contributed by atoms with Crippen molar-refractivity contribution >= 4 is 15.9 Å². The molecule has 1 heterocycles. The van der Waals surface area contributed by atoms with E-state index in [-0.39, 0.29) is 0 Å². The zero-order valence-electron chi connectivity index (χ0n) is 12.0. The van der Waals surface area contributed by atoms with Gasteiger partial charge in [0.05, 0.1) is 36.3 Å². The molecule has 106 valence electrons. The van der Waals surface area contributed by atoms with Gasteiger partial charge in [0.25, 0.3) is 0 Å². The Morgan fingerprint density at radius 3 is 2.19 bits per heavy atom. The summed E-state index contributed by atoms with van der Waals surface area (Å²) in [6.07, 6.45) is 0. The maximum absolute atomic E-state index is 9.49. The van der Waals surface area contributed by atoms with Gasteiger partial charge in [-0.25, -0.2) is 0 Å². The van der Waals surface area contributed by atoms with E-state index in [2.05, 4.69) is 33.4 Å². The summed E-state index contributed by atoms with van der Waals surface area (Å²) in [4.78, 5) is 0. The van der Waals surface area contributed by atoms with Crippen molar-refractivity contribution in [2.75, 3.05) is 7.11 Å². The van der Waals surface area contributed by atoms with Crippen molar-refractivity contribution in [2.24, 2.45) is 0 Å². The normalized spacial score (nSPS) is 15.3. The first kappa shape index (κ1) is 15.2. The van der Waals surface area contributed by atoms with Crippen LogP contribution in [-0.2, 0) is 0 Å². The fourth-order valence-electron chi connectivity index (χ4n) is 2.53. The van der Waals surface area contributed by atoms with Crippen LogP contribution in [0.4, 0.5) is 0 Å². The highest BCUT2D eigenvalue weighted by molar-refractivity contribution is 9.10. The molecule has 2 rings (SSSR count). The molecule has 5 heteroatoms. The first-order chi connectivity index (χ1) is 10.0. The van der Waals surface area contributed by atoms with E-state index in [1.165, 1.54) is 0 Å². The topological polar surface area (TPSA) is 68.8 Å². The van der Waals surface area contributed by atoms with Crippen LogP contribution < -0.4 is 10.1 Å². The molecule has 1 aliphatic rings. The third-order valence-electron chi connectivity index (χ3n) is 3.50. The summed E-state index contributed by atoms with van der Waals surface area (Å²) in [7, 11) is 1.58. The van der Waals surface area contributed by atoms with Gasteiger partial charge in [0.1, 0.15) is 5.75 Å². The highest BCUT2D eigenvalue weighted by Crippen LogP contribution is 2.42. The lowest BCUT2D eigenvalue weighted by atomic mass is 9.81. The molecule has 1 aromatic carbocycles. The molecule has 1 aromatic rings. The lowest BCUT2D eigenvalue weighted by molar-refractivity contribution is 0.408. The minimum Gasteiger partial charge on any atom is -0.496 e. The van der Waals surface area contributed by atoms with E-state index in [9.17, 15) is 10.5 Å². The lowest BCUT2D eigenvalue weighted by Crippen LogP contribution is -2.23. The monoisotopic (exact) mass is 343 g/mol. The quantitative estimate of drug-likeness (QED) is 0.887. The molecule has 0 atom stereocenters. The molecule has 0 bridgehead atoms. The van der Waals surface area contributed by atoms with Crippen LogP contribution in [0.5, 0.6) is 5.75 Å². The number of rotatable bonds is 2. The van der Waals surface area contributed by atoms with Crippen molar-refractivity contribution in [3.63, 3.8) is 0 Å². The summed E-state index contributed by atoms with van der Waals surface area (Å²) < 4.78 is 6.28. The van der Waals surface area contributed by atoms with E-state index in [0.29, 0.717) is 16.9 Å². The van der Waals surface area contributed by atoms with E-state index < -0.39 is 5.92 Å². The van der Waals surface area contributed by atoms with E-state index in [0.717, 1.165) is 21.4 Å². The average molecular weight is 344 g/mol. The summed E-state index contributed by atoms with van der Waals surface area (Å²) in [5.74, 6) is 0.250. The average Bonchev–Trinajstić information content (AvgIpc) is 2.46. The highest BCUT2D eigenvalue weighted by Gasteiger charge is 2.31. The molecule has 0 fully saturated rings. The van der Waals surface area contributed by atoms with Gasteiger partial charge in [0, 0.05) is 21.4 Å². The van der Waals surface area contributed by atoms with Crippen LogP contribution in [0.15, 0.2) is 45.2 Å². The molecular weight excluding hydrogens is 330 g/mol. The second-order valence-corrected chi connectivity index (χ2v) is 5.66. The van der Waals surface area contributed by atoms with Crippen LogP contribution >= 0.6 is 15.9 Å². The van der Waals surface area contributed by atoms with Gasteiger partial charge < -0.3 is 10.1 Å². The van der Waals surface area contributed by atoms with Gasteiger partial charge in [-0.3, -0.25) is 0 Å². The summed E-state index contributed by atoms with van der Waals surface area (Å²) >= 11 is 3.44. The minimum absolute atomic E-state index is 0.409. The molecule has 0 radical (unpaired) electrons. The van der Waals surface area contributed by atoms with E-state index >= 15 is 0 Å². The van der Waals surface area contributed by atoms with Gasteiger partial charge in [-0.1, -0.05) is 15.9 Å². The molecule has 0 amide bonds. The molecule has 1 aliphatic heterocycles. The van der Waals surface area contributed by atoms with Crippen molar-refractivity contribution < 1.29 is 4.74 Å². The van der Waals surface area contributed by atoms with Gasteiger partial charge in [0.15, 0.2) is 0 Å². The van der Waals surface area contributed by atoms with Crippen molar-refractivity contribution in [1.82, 2.24) is 5.32 Å². The number of nitriles is 2. The fourth-order valence-corrected chi connectivity index (χ4v) is 2.91. The standard InChI is InChI=1S/C16H14BrN3O/c1-9-13(7-18)16(14(8-19)10(2)20-9)12-6-11(17)4-5-15(12)21-3/h4-6,16,20H,1-3H3.